The number of benzene rings is 1. The van der Waals surface area contributed by atoms with E-state index in [2.05, 4.69) is 22.0 Å². The number of piperidine rings is 1. The number of esters is 2. The van der Waals surface area contributed by atoms with Crippen LogP contribution in [0.25, 0.3) is 10.9 Å². The smallest absolute Gasteiger partial charge is 0.312 e. The molecular formula is C24H30N2O5. The monoisotopic (exact) mass is 426 g/mol. The van der Waals surface area contributed by atoms with E-state index < -0.39 is 12.0 Å². The maximum atomic E-state index is 12.8. The van der Waals surface area contributed by atoms with Gasteiger partial charge in [-0.25, -0.2) is 0 Å². The molecule has 1 aromatic heterocycles. The Bertz CT molecular complexity index is 1010. The number of ether oxygens (including phenoxy) is 3. The van der Waals surface area contributed by atoms with Gasteiger partial charge in [-0.15, -0.1) is 0 Å². The molecule has 7 nitrogen and oxygen atoms in total. The van der Waals surface area contributed by atoms with Crippen LogP contribution in [0.1, 0.15) is 43.5 Å². The summed E-state index contributed by atoms with van der Waals surface area (Å²) in [4.78, 5) is 30.7. The van der Waals surface area contributed by atoms with E-state index in [1.165, 1.54) is 30.7 Å². The summed E-state index contributed by atoms with van der Waals surface area (Å²) in [5, 5.41) is 1.25. The minimum absolute atomic E-state index is 0.138. The Balaban J connectivity index is 1.49. The van der Waals surface area contributed by atoms with Crippen molar-refractivity contribution in [2.75, 3.05) is 27.3 Å². The number of nitrogens with zero attached hydrogens (tertiary/aromatic N) is 1. The van der Waals surface area contributed by atoms with Crippen LogP contribution in [-0.2, 0) is 25.5 Å². The van der Waals surface area contributed by atoms with Crippen molar-refractivity contribution in [2.24, 2.45) is 17.8 Å². The molecule has 5 unspecified atom stereocenters. The van der Waals surface area contributed by atoms with Gasteiger partial charge in [0.15, 0.2) is 0 Å². The average molecular weight is 427 g/mol. The quantitative estimate of drug-likeness (QED) is 0.759. The van der Waals surface area contributed by atoms with Gasteiger partial charge in [0.2, 0.25) is 0 Å². The van der Waals surface area contributed by atoms with Crippen LogP contribution in [0.5, 0.6) is 5.75 Å². The Morgan fingerprint density at radius 3 is 2.77 bits per heavy atom. The van der Waals surface area contributed by atoms with E-state index in [0.29, 0.717) is 5.92 Å². The number of aromatic nitrogens is 1. The number of rotatable bonds is 3. The van der Waals surface area contributed by atoms with Gasteiger partial charge in [0.1, 0.15) is 11.9 Å². The fourth-order valence-corrected chi connectivity index (χ4v) is 6.29. The summed E-state index contributed by atoms with van der Waals surface area (Å²) in [5.74, 6) is 0.404. The zero-order valence-corrected chi connectivity index (χ0v) is 18.3. The molecule has 0 spiro atoms. The summed E-state index contributed by atoms with van der Waals surface area (Å²) < 4.78 is 16.1. The summed E-state index contributed by atoms with van der Waals surface area (Å²) >= 11 is 0. The Morgan fingerprint density at radius 2 is 2.03 bits per heavy atom. The van der Waals surface area contributed by atoms with E-state index in [1.54, 1.807) is 7.11 Å². The lowest BCUT2D eigenvalue weighted by atomic mass is 9.64. The highest BCUT2D eigenvalue weighted by Gasteiger charge is 2.51. The Hall–Kier alpha value is -2.54. The van der Waals surface area contributed by atoms with Gasteiger partial charge in [-0.1, -0.05) is 0 Å². The topological polar surface area (TPSA) is 80.9 Å². The van der Waals surface area contributed by atoms with E-state index >= 15 is 0 Å². The van der Waals surface area contributed by atoms with Gasteiger partial charge in [-0.05, 0) is 55.2 Å². The summed E-state index contributed by atoms with van der Waals surface area (Å²) in [6.07, 6.45) is 3.17. The first kappa shape index (κ1) is 20.4. The molecule has 7 heteroatoms. The van der Waals surface area contributed by atoms with E-state index in [1.807, 2.05) is 6.07 Å². The second-order valence-corrected chi connectivity index (χ2v) is 9.12. The van der Waals surface area contributed by atoms with Gasteiger partial charge in [-0.3, -0.25) is 14.5 Å². The normalized spacial score (nSPS) is 30.1. The second kappa shape index (κ2) is 7.86. The van der Waals surface area contributed by atoms with Gasteiger partial charge in [-0.2, -0.15) is 0 Å². The molecule has 3 aliphatic rings. The highest BCUT2D eigenvalue weighted by Crippen LogP contribution is 2.50. The molecule has 0 amide bonds. The molecule has 1 N–H and O–H groups in total. The summed E-state index contributed by atoms with van der Waals surface area (Å²) in [5.41, 5.74) is 3.73. The zero-order valence-electron chi connectivity index (χ0n) is 18.3. The molecule has 166 valence electrons. The molecule has 0 bridgehead atoms. The predicted octanol–water partition coefficient (Wildman–Crippen LogP) is 3.23. The number of aromatic amines is 1. The predicted molar refractivity (Wildman–Crippen MR) is 115 cm³/mol. The first-order chi connectivity index (χ1) is 15.0. The molecule has 2 aromatic rings. The number of fused-ring (bicyclic) bond motifs is 6. The highest BCUT2D eigenvalue weighted by atomic mass is 16.6. The van der Waals surface area contributed by atoms with E-state index in [9.17, 15) is 9.59 Å². The number of carbonyl (C=O) groups excluding carboxylic acids is 2. The molecule has 2 fully saturated rings. The van der Waals surface area contributed by atoms with Crippen LogP contribution >= 0.6 is 0 Å². The minimum Gasteiger partial charge on any atom is -0.497 e. The lowest BCUT2D eigenvalue weighted by Gasteiger charge is -2.51. The van der Waals surface area contributed by atoms with Gasteiger partial charge >= 0.3 is 11.9 Å². The third kappa shape index (κ3) is 3.39. The molecule has 5 rings (SSSR count). The maximum absolute atomic E-state index is 12.8. The second-order valence-electron chi connectivity index (χ2n) is 9.12. The van der Waals surface area contributed by atoms with Crippen LogP contribution in [0.2, 0.25) is 0 Å². The number of hydrogen-bond acceptors (Lipinski definition) is 6. The molecular weight excluding hydrogens is 396 g/mol. The number of hydrogen-bond donors (Lipinski definition) is 1. The average Bonchev–Trinajstić information content (AvgIpc) is 3.15. The first-order valence-electron chi connectivity index (χ1n) is 11.2. The first-order valence-corrected chi connectivity index (χ1v) is 11.2. The largest absolute Gasteiger partial charge is 0.497 e. The van der Waals surface area contributed by atoms with Gasteiger partial charge in [0.25, 0.3) is 0 Å². The van der Waals surface area contributed by atoms with Crippen molar-refractivity contribution >= 4 is 22.8 Å². The van der Waals surface area contributed by atoms with Crippen LogP contribution in [0.15, 0.2) is 18.2 Å². The van der Waals surface area contributed by atoms with Gasteiger partial charge in [0, 0.05) is 42.7 Å². The van der Waals surface area contributed by atoms with Crippen molar-refractivity contribution < 1.29 is 23.8 Å². The Kier molecular flexibility index (Phi) is 5.16. The SMILES string of the molecule is COC(=O)C1C(OC(C)=O)CCC2CN3CCc4c([nH]c5cc(OC)ccc45)C3CC21. The lowest BCUT2D eigenvalue weighted by Crippen LogP contribution is -2.54. The number of nitrogens with one attached hydrogen (secondary N) is 1. The standard InChI is InChI=1S/C24H30N2O5/c1-13(27)31-21-7-4-14-12-26-9-8-17-16-6-5-15(29-2)10-19(16)25-23(17)20(26)11-18(14)22(21)24(28)30-3/h5-6,10,14,18,20-22,25H,4,7-9,11-12H2,1-3H3. The molecule has 2 aliphatic heterocycles. The molecule has 1 saturated heterocycles. The third-order valence-corrected chi connectivity index (χ3v) is 7.61. The molecule has 0 radical (unpaired) electrons. The van der Waals surface area contributed by atoms with E-state index in [0.717, 1.165) is 50.0 Å². The van der Waals surface area contributed by atoms with Crippen LogP contribution in [-0.4, -0.2) is 55.2 Å². The minimum atomic E-state index is -0.398. The van der Waals surface area contributed by atoms with Crippen molar-refractivity contribution in [3.05, 3.63) is 29.5 Å². The maximum Gasteiger partial charge on any atom is 0.312 e. The van der Waals surface area contributed by atoms with Crippen molar-refractivity contribution in [1.29, 1.82) is 0 Å². The van der Waals surface area contributed by atoms with E-state index in [4.69, 9.17) is 14.2 Å². The van der Waals surface area contributed by atoms with Crippen LogP contribution in [0.3, 0.4) is 0 Å². The van der Waals surface area contributed by atoms with Crippen molar-refractivity contribution in [1.82, 2.24) is 9.88 Å². The van der Waals surface area contributed by atoms with Crippen molar-refractivity contribution in [3.8, 4) is 5.75 Å². The molecule has 1 aliphatic carbocycles. The van der Waals surface area contributed by atoms with Crippen molar-refractivity contribution in [2.45, 2.75) is 44.8 Å². The molecule has 1 aromatic carbocycles. The Labute approximate surface area is 182 Å². The highest BCUT2D eigenvalue weighted by molar-refractivity contribution is 5.86. The molecule has 31 heavy (non-hydrogen) atoms. The van der Waals surface area contributed by atoms with Crippen LogP contribution in [0.4, 0.5) is 0 Å². The van der Waals surface area contributed by atoms with Gasteiger partial charge < -0.3 is 19.2 Å². The van der Waals surface area contributed by atoms with Crippen LogP contribution in [0, 0.1) is 17.8 Å². The fraction of sp³-hybridized carbons (Fsp3) is 0.583. The third-order valence-electron chi connectivity index (χ3n) is 7.61. The summed E-state index contributed by atoms with van der Waals surface area (Å²) in [7, 11) is 3.11. The van der Waals surface area contributed by atoms with Crippen LogP contribution < -0.4 is 4.74 Å². The number of methoxy groups -OCH3 is 2. The Morgan fingerprint density at radius 1 is 1.19 bits per heavy atom. The zero-order chi connectivity index (χ0) is 21.7. The number of carbonyl (C=O) groups is 2. The summed E-state index contributed by atoms with van der Waals surface area (Å²) in [6.45, 7) is 3.40. The van der Waals surface area contributed by atoms with Crippen molar-refractivity contribution in [3.63, 3.8) is 0 Å². The van der Waals surface area contributed by atoms with Gasteiger partial charge in [0.05, 0.1) is 26.2 Å². The summed E-state index contributed by atoms with van der Waals surface area (Å²) in [6, 6.07) is 6.43. The molecule has 1 saturated carbocycles. The fourth-order valence-electron chi connectivity index (χ4n) is 6.29. The lowest BCUT2D eigenvalue weighted by molar-refractivity contribution is -0.171. The molecule has 5 atom stereocenters. The van der Waals surface area contributed by atoms with E-state index in [-0.39, 0.29) is 23.9 Å². The number of H-pyrrole nitrogens is 1. The molecule has 3 heterocycles.